The number of sulfonamides is 1. The standard InChI is InChI=1S/C23H29N3O4S/c1-5-17(4)25-31(29,30)21-10-7-19(8-11-21)24-23(28)18-13-22(27)26(14-18)20-9-6-15(2)16(3)12-20/h6-12,17-18,25H,5,13-14H2,1-4H3,(H,24,28)/t17-,18+/m1/s1. The molecule has 1 heterocycles. The van der Waals surface area contributed by atoms with Gasteiger partial charge in [-0.3, -0.25) is 9.59 Å². The number of anilines is 2. The minimum absolute atomic E-state index is 0.0824. The minimum Gasteiger partial charge on any atom is -0.326 e. The van der Waals surface area contributed by atoms with Crippen molar-refractivity contribution in [1.29, 1.82) is 0 Å². The molecule has 7 nitrogen and oxygen atoms in total. The van der Waals surface area contributed by atoms with Crippen LogP contribution in [0, 0.1) is 19.8 Å². The average molecular weight is 444 g/mol. The molecule has 0 aromatic heterocycles. The Bertz CT molecular complexity index is 1080. The van der Waals surface area contributed by atoms with Gasteiger partial charge >= 0.3 is 0 Å². The normalized spacial score (nSPS) is 17.6. The predicted molar refractivity (Wildman–Crippen MR) is 122 cm³/mol. The molecule has 2 atom stereocenters. The summed E-state index contributed by atoms with van der Waals surface area (Å²) in [4.78, 5) is 27.0. The highest BCUT2D eigenvalue weighted by molar-refractivity contribution is 7.89. The first kappa shape index (κ1) is 23.0. The van der Waals surface area contributed by atoms with Gasteiger partial charge in [0.1, 0.15) is 0 Å². The first-order chi connectivity index (χ1) is 14.6. The Hall–Kier alpha value is -2.71. The summed E-state index contributed by atoms with van der Waals surface area (Å²) in [6.07, 6.45) is 0.830. The molecule has 0 saturated carbocycles. The largest absolute Gasteiger partial charge is 0.326 e. The lowest BCUT2D eigenvalue weighted by atomic mass is 10.1. The fourth-order valence-electron chi connectivity index (χ4n) is 3.40. The summed E-state index contributed by atoms with van der Waals surface area (Å²) in [5.41, 5.74) is 3.53. The van der Waals surface area contributed by atoms with Gasteiger partial charge in [0.15, 0.2) is 0 Å². The summed E-state index contributed by atoms with van der Waals surface area (Å²) in [7, 11) is -3.60. The zero-order chi connectivity index (χ0) is 22.8. The molecule has 1 fully saturated rings. The maximum absolute atomic E-state index is 12.7. The summed E-state index contributed by atoms with van der Waals surface area (Å²) in [5.74, 6) is -0.807. The molecule has 0 spiro atoms. The zero-order valence-electron chi connectivity index (χ0n) is 18.3. The van der Waals surface area contributed by atoms with E-state index in [1.165, 1.54) is 12.1 Å². The van der Waals surface area contributed by atoms with Gasteiger partial charge in [-0.15, -0.1) is 0 Å². The van der Waals surface area contributed by atoms with E-state index in [-0.39, 0.29) is 29.2 Å². The van der Waals surface area contributed by atoms with Crippen molar-refractivity contribution in [3.63, 3.8) is 0 Å². The Morgan fingerprint density at radius 2 is 1.81 bits per heavy atom. The molecule has 0 aliphatic carbocycles. The van der Waals surface area contributed by atoms with E-state index in [9.17, 15) is 18.0 Å². The molecule has 2 aromatic carbocycles. The third kappa shape index (κ3) is 5.32. The first-order valence-corrected chi connectivity index (χ1v) is 11.9. The lowest BCUT2D eigenvalue weighted by Gasteiger charge is -2.18. The molecule has 166 valence electrons. The Morgan fingerprint density at radius 1 is 1.13 bits per heavy atom. The topological polar surface area (TPSA) is 95.6 Å². The number of carbonyl (C=O) groups excluding carboxylic acids is 2. The molecule has 8 heteroatoms. The third-order valence-electron chi connectivity index (χ3n) is 5.70. The fraction of sp³-hybridized carbons (Fsp3) is 0.391. The lowest BCUT2D eigenvalue weighted by molar-refractivity contribution is -0.122. The van der Waals surface area contributed by atoms with Crippen molar-refractivity contribution in [3.8, 4) is 0 Å². The van der Waals surface area contributed by atoms with E-state index in [2.05, 4.69) is 10.0 Å². The second-order valence-electron chi connectivity index (χ2n) is 8.12. The number of rotatable bonds is 7. The van der Waals surface area contributed by atoms with Gasteiger partial charge in [-0.05, 0) is 74.7 Å². The zero-order valence-corrected chi connectivity index (χ0v) is 19.1. The summed E-state index contributed by atoms with van der Waals surface area (Å²) in [6.45, 7) is 8.03. The second kappa shape index (κ2) is 9.20. The van der Waals surface area contributed by atoms with Crippen molar-refractivity contribution in [2.45, 2.75) is 51.5 Å². The molecule has 1 aliphatic heterocycles. The summed E-state index contributed by atoms with van der Waals surface area (Å²) in [6, 6.07) is 11.7. The lowest BCUT2D eigenvalue weighted by Crippen LogP contribution is -2.32. The van der Waals surface area contributed by atoms with E-state index in [0.29, 0.717) is 18.7 Å². The number of hydrogen-bond donors (Lipinski definition) is 2. The highest BCUT2D eigenvalue weighted by atomic mass is 32.2. The van der Waals surface area contributed by atoms with Crippen LogP contribution in [-0.4, -0.2) is 32.8 Å². The minimum atomic E-state index is -3.60. The SMILES string of the molecule is CC[C@@H](C)NS(=O)(=O)c1ccc(NC(=O)[C@H]2CC(=O)N(c3ccc(C)c(C)c3)C2)cc1. The molecular formula is C23H29N3O4S. The molecule has 2 N–H and O–H groups in total. The van der Waals surface area contributed by atoms with E-state index < -0.39 is 15.9 Å². The van der Waals surface area contributed by atoms with Crippen molar-refractivity contribution in [2.24, 2.45) is 5.92 Å². The Morgan fingerprint density at radius 3 is 2.42 bits per heavy atom. The molecule has 3 rings (SSSR count). The van der Waals surface area contributed by atoms with Gasteiger partial charge in [-0.25, -0.2) is 13.1 Å². The number of carbonyl (C=O) groups is 2. The molecule has 2 amide bonds. The van der Waals surface area contributed by atoms with Crippen LogP contribution in [0.15, 0.2) is 47.4 Å². The molecule has 0 bridgehead atoms. The second-order valence-corrected chi connectivity index (χ2v) is 9.83. The van der Waals surface area contributed by atoms with E-state index in [0.717, 1.165) is 16.8 Å². The Kier molecular flexibility index (Phi) is 6.81. The fourth-order valence-corrected chi connectivity index (χ4v) is 4.73. The van der Waals surface area contributed by atoms with E-state index in [4.69, 9.17) is 0 Å². The Balaban J connectivity index is 1.65. The van der Waals surface area contributed by atoms with Gasteiger partial charge in [0.2, 0.25) is 21.8 Å². The number of nitrogens with zero attached hydrogens (tertiary/aromatic N) is 1. The van der Waals surface area contributed by atoms with Crippen LogP contribution in [0.5, 0.6) is 0 Å². The van der Waals surface area contributed by atoms with Gasteiger partial charge in [-0.2, -0.15) is 0 Å². The molecule has 31 heavy (non-hydrogen) atoms. The van der Waals surface area contributed by atoms with Crippen LogP contribution in [0.2, 0.25) is 0 Å². The van der Waals surface area contributed by atoms with E-state index in [1.54, 1.807) is 24.0 Å². The molecule has 2 aromatic rings. The predicted octanol–water partition coefficient (Wildman–Crippen LogP) is 3.37. The molecule has 1 aliphatic rings. The smallest absolute Gasteiger partial charge is 0.240 e. The van der Waals surface area contributed by atoms with Crippen LogP contribution in [0.1, 0.15) is 37.8 Å². The number of aryl methyl sites for hydroxylation is 2. The summed E-state index contributed by atoms with van der Waals surface area (Å²) in [5, 5.41) is 2.79. The molecular weight excluding hydrogens is 414 g/mol. The molecule has 0 radical (unpaired) electrons. The van der Waals surface area contributed by atoms with Crippen LogP contribution in [0.4, 0.5) is 11.4 Å². The van der Waals surface area contributed by atoms with Gasteiger partial charge in [0, 0.05) is 30.4 Å². The number of amides is 2. The number of nitrogens with one attached hydrogen (secondary N) is 2. The van der Waals surface area contributed by atoms with E-state index in [1.807, 2.05) is 39.0 Å². The summed E-state index contributed by atoms with van der Waals surface area (Å²) < 4.78 is 27.3. The Labute approximate surface area is 183 Å². The van der Waals surface area contributed by atoms with Crippen molar-refractivity contribution >= 4 is 33.2 Å². The highest BCUT2D eigenvalue weighted by Crippen LogP contribution is 2.27. The van der Waals surface area contributed by atoms with Crippen molar-refractivity contribution in [3.05, 3.63) is 53.6 Å². The van der Waals surface area contributed by atoms with Crippen LogP contribution in [-0.2, 0) is 19.6 Å². The summed E-state index contributed by atoms with van der Waals surface area (Å²) >= 11 is 0. The van der Waals surface area contributed by atoms with Crippen LogP contribution in [0.3, 0.4) is 0 Å². The van der Waals surface area contributed by atoms with Gasteiger partial charge in [0.05, 0.1) is 10.8 Å². The molecule has 0 unspecified atom stereocenters. The first-order valence-electron chi connectivity index (χ1n) is 10.4. The highest BCUT2D eigenvalue weighted by Gasteiger charge is 2.35. The average Bonchev–Trinajstić information content (AvgIpc) is 3.12. The van der Waals surface area contributed by atoms with Crippen molar-refractivity contribution in [2.75, 3.05) is 16.8 Å². The van der Waals surface area contributed by atoms with Crippen LogP contribution >= 0.6 is 0 Å². The number of hydrogen-bond acceptors (Lipinski definition) is 4. The maximum atomic E-state index is 12.7. The van der Waals surface area contributed by atoms with E-state index >= 15 is 0 Å². The van der Waals surface area contributed by atoms with Crippen LogP contribution in [0.25, 0.3) is 0 Å². The molecule has 1 saturated heterocycles. The number of benzene rings is 2. The van der Waals surface area contributed by atoms with Crippen LogP contribution < -0.4 is 14.9 Å². The quantitative estimate of drug-likeness (QED) is 0.686. The maximum Gasteiger partial charge on any atom is 0.240 e. The third-order valence-corrected chi connectivity index (χ3v) is 7.30. The van der Waals surface area contributed by atoms with Crippen molar-refractivity contribution in [1.82, 2.24) is 4.72 Å². The van der Waals surface area contributed by atoms with Gasteiger partial charge in [0.25, 0.3) is 0 Å². The van der Waals surface area contributed by atoms with Gasteiger partial charge in [-0.1, -0.05) is 13.0 Å². The van der Waals surface area contributed by atoms with Gasteiger partial charge < -0.3 is 10.2 Å². The monoisotopic (exact) mass is 443 g/mol. The van der Waals surface area contributed by atoms with Crippen molar-refractivity contribution < 1.29 is 18.0 Å².